The maximum absolute atomic E-state index is 4.55. The summed E-state index contributed by atoms with van der Waals surface area (Å²) in [6.07, 6.45) is 7.02. The quantitative estimate of drug-likeness (QED) is 0.615. The number of fused-ring (bicyclic) bond motifs is 3. The molecule has 3 rings (SSSR count). The Hall–Kier alpha value is -0.472. The van der Waals surface area contributed by atoms with Gasteiger partial charge in [0.2, 0.25) is 0 Å². The molecule has 0 aliphatic heterocycles. The van der Waals surface area contributed by atoms with E-state index in [1.807, 2.05) is 6.20 Å². The van der Waals surface area contributed by atoms with Crippen LogP contribution in [0.15, 0.2) is 30.5 Å². The molecule has 0 spiro atoms. The Bertz CT molecular complexity index is 491. The van der Waals surface area contributed by atoms with Crippen LogP contribution in [0.4, 0.5) is 0 Å². The number of pyridine rings is 1. The zero-order chi connectivity index (χ0) is 9.38. The number of aromatic nitrogens is 1. The van der Waals surface area contributed by atoms with Gasteiger partial charge in [-0.3, -0.25) is 4.98 Å². The van der Waals surface area contributed by atoms with Crippen molar-refractivity contribution < 1.29 is 33.5 Å². The number of nitrogens with zero attached hydrogens (tertiary/aromatic N) is 1. The fraction of sp³-hybridized carbons (Fsp3) is 0.308. The van der Waals surface area contributed by atoms with E-state index in [0.29, 0.717) is 0 Å². The van der Waals surface area contributed by atoms with Crippen LogP contribution in [0, 0.1) is 0 Å². The van der Waals surface area contributed by atoms with Crippen molar-refractivity contribution in [3.63, 3.8) is 0 Å². The molecule has 2 aromatic rings. The molecule has 1 aliphatic rings. The molecule has 18 heavy (non-hydrogen) atoms. The first-order chi connectivity index (χ1) is 6.95. The zero-order valence-electron chi connectivity index (χ0n) is 10.3. The molecule has 0 unspecified atom stereocenters. The third kappa shape index (κ3) is 3.52. The van der Waals surface area contributed by atoms with Crippen LogP contribution in [0.3, 0.4) is 0 Å². The summed E-state index contributed by atoms with van der Waals surface area (Å²) >= 11 is 0. The largest absolute Gasteiger partial charge is 4.00 e. The molecular formula is C13H19ClN3Pt+3. The SMILES string of the molecule is N.N.[Cl-].[Pt+4].c1ccc2c3c(ncc2c1)CCCC3. The number of hydrogen-bond acceptors (Lipinski definition) is 3. The summed E-state index contributed by atoms with van der Waals surface area (Å²) < 4.78 is 0. The van der Waals surface area contributed by atoms with E-state index in [1.54, 1.807) is 0 Å². The van der Waals surface area contributed by atoms with Gasteiger partial charge in [-0.05, 0) is 36.6 Å². The third-order valence-corrected chi connectivity index (χ3v) is 3.08. The van der Waals surface area contributed by atoms with E-state index in [0.717, 1.165) is 0 Å². The molecule has 5 heteroatoms. The van der Waals surface area contributed by atoms with Crippen LogP contribution in [0.1, 0.15) is 24.1 Å². The standard InChI is InChI=1S/C13H13N.ClH.2H3N.Pt/c1-2-6-11-10(5-1)9-14-13-8-4-3-7-12(11)13;;;;/h1-2,5-6,9H,3-4,7-8H2;1H;2*1H3;/q;;;;+4/p-1. The Labute approximate surface area is 129 Å². The number of rotatable bonds is 0. The van der Waals surface area contributed by atoms with Crippen LogP contribution in [0.25, 0.3) is 10.8 Å². The van der Waals surface area contributed by atoms with Crippen molar-refractivity contribution >= 4 is 10.8 Å². The number of benzene rings is 1. The molecule has 1 aromatic carbocycles. The van der Waals surface area contributed by atoms with Crippen molar-refractivity contribution in [1.82, 2.24) is 17.3 Å². The summed E-state index contributed by atoms with van der Waals surface area (Å²) in [4.78, 5) is 4.55. The first-order valence-corrected chi connectivity index (χ1v) is 5.30. The summed E-state index contributed by atoms with van der Waals surface area (Å²) in [5.41, 5.74) is 2.82. The van der Waals surface area contributed by atoms with Crippen LogP contribution in [0.5, 0.6) is 0 Å². The maximum atomic E-state index is 4.55. The van der Waals surface area contributed by atoms with E-state index >= 15 is 0 Å². The second-order valence-corrected chi connectivity index (χ2v) is 3.98. The molecule has 1 heterocycles. The van der Waals surface area contributed by atoms with E-state index in [4.69, 9.17) is 0 Å². The van der Waals surface area contributed by atoms with E-state index in [-0.39, 0.29) is 45.8 Å². The Morgan fingerprint density at radius 2 is 1.61 bits per heavy atom. The van der Waals surface area contributed by atoms with Crippen molar-refractivity contribution in [3.8, 4) is 0 Å². The molecule has 1 aromatic heterocycles. The van der Waals surface area contributed by atoms with Crippen LogP contribution in [0.2, 0.25) is 0 Å². The number of halogens is 1. The van der Waals surface area contributed by atoms with Gasteiger partial charge in [-0.1, -0.05) is 24.3 Å². The van der Waals surface area contributed by atoms with Gasteiger partial charge in [0.15, 0.2) is 0 Å². The van der Waals surface area contributed by atoms with Crippen molar-refractivity contribution in [3.05, 3.63) is 41.7 Å². The molecule has 0 bridgehead atoms. The van der Waals surface area contributed by atoms with Crippen LogP contribution >= 0.6 is 0 Å². The summed E-state index contributed by atoms with van der Waals surface area (Å²) in [7, 11) is 0. The van der Waals surface area contributed by atoms with Crippen molar-refractivity contribution in [2.24, 2.45) is 0 Å². The maximum Gasteiger partial charge on any atom is 4.00 e. The number of hydrogen-bond donors (Lipinski definition) is 2. The molecule has 0 saturated carbocycles. The van der Waals surface area contributed by atoms with E-state index in [9.17, 15) is 0 Å². The normalized spacial score (nSPS) is 12.0. The second-order valence-electron chi connectivity index (χ2n) is 3.98. The Balaban J connectivity index is 0. The molecule has 0 radical (unpaired) electrons. The fourth-order valence-corrected chi connectivity index (χ4v) is 2.35. The zero-order valence-corrected chi connectivity index (χ0v) is 13.3. The molecule has 0 saturated heterocycles. The monoisotopic (exact) mass is 447 g/mol. The summed E-state index contributed by atoms with van der Waals surface area (Å²) in [6.45, 7) is 0. The van der Waals surface area contributed by atoms with Gasteiger partial charge in [-0.25, -0.2) is 0 Å². The van der Waals surface area contributed by atoms with Gasteiger partial charge < -0.3 is 24.7 Å². The van der Waals surface area contributed by atoms with Crippen molar-refractivity contribution in [1.29, 1.82) is 0 Å². The van der Waals surface area contributed by atoms with Crippen LogP contribution in [-0.2, 0) is 33.9 Å². The van der Waals surface area contributed by atoms with E-state index in [1.165, 1.54) is 47.7 Å². The average molecular weight is 448 g/mol. The minimum atomic E-state index is 0. The Morgan fingerprint density at radius 1 is 0.944 bits per heavy atom. The van der Waals surface area contributed by atoms with Gasteiger partial charge in [-0.15, -0.1) is 0 Å². The van der Waals surface area contributed by atoms with Gasteiger partial charge in [0.05, 0.1) is 0 Å². The first kappa shape index (κ1) is 19.9. The Kier molecular flexibility index (Phi) is 9.49. The third-order valence-electron chi connectivity index (χ3n) is 3.08. The molecule has 3 nitrogen and oxygen atoms in total. The van der Waals surface area contributed by atoms with E-state index < -0.39 is 0 Å². The second kappa shape index (κ2) is 8.60. The molecule has 0 fully saturated rings. The first-order valence-electron chi connectivity index (χ1n) is 5.30. The van der Waals surface area contributed by atoms with Gasteiger partial charge in [0.1, 0.15) is 0 Å². The van der Waals surface area contributed by atoms with Gasteiger partial charge >= 0.3 is 21.1 Å². The van der Waals surface area contributed by atoms with Gasteiger partial charge in [0, 0.05) is 17.3 Å². The summed E-state index contributed by atoms with van der Waals surface area (Å²) in [5.74, 6) is 0. The topological polar surface area (TPSA) is 82.9 Å². The van der Waals surface area contributed by atoms with E-state index in [2.05, 4.69) is 29.2 Å². The molecule has 100 valence electrons. The molecule has 1 aliphatic carbocycles. The minimum absolute atomic E-state index is 0. The molecule has 6 N–H and O–H groups in total. The smallest absolute Gasteiger partial charge is 1.00 e. The Morgan fingerprint density at radius 3 is 2.39 bits per heavy atom. The summed E-state index contributed by atoms with van der Waals surface area (Å²) in [5, 5.41) is 2.70. The molecular weight excluding hydrogens is 429 g/mol. The predicted molar refractivity (Wildman–Crippen MR) is 68.4 cm³/mol. The van der Waals surface area contributed by atoms with Crippen LogP contribution in [-0.4, -0.2) is 4.98 Å². The van der Waals surface area contributed by atoms with Gasteiger partial charge in [0.25, 0.3) is 0 Å². The van der Waals surface area contributed by atoms with Crippen molar-refractivity contribution in [2.45, 2.75) is 25.7 Å². The molecule has 0 amide bonds. The predicted octanol–water partition coefficient (Wildman–Crippen LogP) is 0.439. The minimum Gasteiger partial charge on any atom is -1.00 e. The van der Waals surface area contributed by atoms with Crippen molar-refractivity contribution in [2.75, 3.05) is 0 Å². The number of aryl methyl sites for hydroxylation is 2. The fourth-order valence-electron chi connectivity index (χ4n) is 2.35. The van der Waals surface area contributed by atoms with Crippen LogP contribution < -0.4 is 24.7 Å². The average Bonchev–Trinajstić information content (AvgIpc) is 2.29. The molecule has 0 atom stereocenters. The van der Waals surface area contributed by atoms with Gasteiger partial charge in [-0.2, -0.15) is 0 Å². The summed E-state index contributed by atoms with van der Waals surface area (Å²) in [6, 6.07) is 8.58.